The van der Waals surface area contributed by atoms with Gasteiger partial charge in [-0.1, -0.05) is 39.5 Å². The molecule has 0 spiro atoms. The van der Waals surface area contributed by atoms with Gasteiger partial charge in [0.25, 0.3) is 0 Å². The van der Waals surface area contributed by atoms with Crippen LogP contribution in [0.15, 0.2) is 4.99 Å². The highest BCUT2D eigenvalue weighted by atomic mass is 127. The highest BCUT2D eigenvalue weighted by molar-refractivity contribution is 14.0. The van der Waals surface area contributed by atoms with Gasteiger partial charge in [-0.05, 0) is 51.6 Å². The zero-order valence-electron chi connectivity index (χ0n) is 19.4. The third-order valence-corrected chi connectivity index (χ3v) is 6.62. The molecule has 2 aliphatic rings. The molecule has 0 radical (unpaired) electrons. The van der Waals surface area contributed by atoms with Crippen molar-refractivity contribution in [3.8, 4) is 0 Å². The summed E-state index contributed by atoms with van der Waals surface area (Å²) < 4.78 is 2.02. The van der Waals surface area contributed by atoms with E-state index in [0.717, 1.165) is 24.2 Å². The number of hydrogen-bond donors (Lipinski definition) is 2. The van der Waals surface area contributed by atoms with Crippen LogP contribution in [-0.2, 0) is 13.6 Å². The van der Waals surface area contributed by atoms with E-state index in [9.17, 15) is 0 Å². The van der Waals surface area contributed by atoms with E-state index in [2.05, 4.69) is 39.6 Å². The lowest BCUT2D eigenvalue weighted by molar-refractivity contribution is 0.161. The Bertz CT molecular complexity index is 644. The predicted octanol–water partition coefficient (Wildman–Crippen LogP) is 3.62. The SMILES string of the molecule is Cc1nnc(CN=C(NCC(C(C)C)N2CCCCCC2)NC2CCCC2)n1C.I. The molecule has 1 aromatic heterocycles. The number of nitrogens with one attached hydrogen (secondary N) is 2. The van der Waals surface area contributed by atoms with Gasteiger partial charge in [0, 0.05) is 25.7 Å². The highest BCUT2D eigenvalue weighted by Crippen LogP contribution is 2.19. The van der Waals surface area contributed by atoms with Crippen molar-refractivity contribution in [3.05, 3.63) is 11.6 Å². The molecule has 0 amide bonds. The van der Waals surface area contributed by atoms with E-state index < -0.39 is 0 Å². The number of hydrogen-bond acceptors (Lipinski definition) is 4. The molecule has 2 heterocycles. The predicted molar refractivity (Wildman–Crippen MR) is 134 cm³/mol. The van der Waals surface area contributed by atoms with E-state index in [0.29, 0.717) is 24.5 Å². The summed E-state index contributed by atoms with van der Waals surface area (Å²) in [5, 5.41) is 15.8. The van der Waals surface area contributed by atoms with Crippen LogP contribution in [0.4, 0.5) is 0 Å². The highest BCUT2D eigenvalue weighted by Gasteiger charge is 2.24. The van der Waals surface area contributed by atoms with Crippen LogP contribution in [0, 0.1) is 12.8 Å². The van der Waals surface area contributed by atoms with Crippen LogP contribution >= 0.6 is 24.0 Å². The molecule has 1 atom stereocenters. The second-order valence-electron chi connectivity index (χ2n) is 9.16. The van der Waals surface area contributed by atoms with Gasteiger partial charge >= 0.3 is 0 Å². The molecule has 172 valence electrons. The summed E-state index contributed by atoms with van der Waals surface area (Å²) in [5.41, 5.74) is 0. The zero-order valence-corrected chi connectivity index (χ0v) is 21.7. The number of aliphatic imine (C=N–C) groups is 1. The molecule has 3 rings (SSSR count). The minimum Gasteiger partial charge on any atom is -0.355 e. The molecule has 1 unspecified atom stereocenters. The van der Waals surface area contributed by atoms with Crippen molar-refractivity contribution >= 4 is 29.9 Å². The number of aromatic nitrogens is 3. The van der Waals surface area contributed by atoms with Gasteiger partial charge in [-0.15, -0.1) is 34.2 Å². The average Bonchev–Trinajstić information content (AvgIpc) is 3.22. The first-order valence-electron chi connectivity index (χ1n) is 11.7. The molecule has 1 aromatic rings. The maximum atomic E-state index is 4.88. The molecule has 0 bridgehead atoms. The monoisotopic (exact) mass is 531 g/mol. The van der Waals surface area contributed by atoms with Gasteiger partial charge in [0.1, 0.15) is 12.4 Å². The largest absolute Gasteiger partial charge is 0.355 e. The van der Waals surface area contributed by atoms with E-state index >= 15 is 0 Å². The third-order valence-electron chi connectivity index (χ3n) is 6.62. The Morgan fingerprint density at radius 2 is 1.73 bits per heavy atom. The number of aryl methyl sites for hydroxylation is 1. The summed E-state index contributed by atoms with van der Waals surface area (Å²) in [4.78, 5) is 7.58. The molecular formula is C22H42IN7. The number of rotatable bonds is 7. The maximum Gasteiger partial charge on any atom is 0.191 e. The van der Waals surface area contributed by atoms with Crippen LogP contribution < -0.4 is 10.6 Å². The summed E-state index contributed by atoms with van der Waals surface area (Å²) >= 11 is 0. The van der Waals surface area contributed by atoms with Gasteiger partial charge in [-0.25, -0.2) is 4.99 Å². The Morgan fingerprint density at radius 1 is 1.07 bits per heavy atom. The lowest BCUT2D eigenvalue weighted by atomic mass is 10.0. The molecule has 1 aliphatic heterocycles. The first-order chi connectivity index (χ1) is 14.0. The zero-order chi connectivity index (χ0) is 20.6. The Balaban J connectivity index is 0.00000320. The topological polar surface area (TPSA) is 70.4 Å². The van der Waals surface area contributed by atoms with Crippen molar-refractivity contribution in [2.45, 2.75) is 90.8 Å². The minimum absolute atomic E-state index is 0. The van der Waals surface area contributed by atoms with Crippen molar-refractivity contribution in [2.75, 3.05) is 19.6 Å². The Morgan fingerprint density at radius 3 is 2.30 bits per heavy atom. The molecule has 8 heteroatoms. The first kappa shape index (κ1) is 25.4. The van der Waals surface area contributed by atoms with Gasteiger partial charge in [0.15, 0.2) is 11.8 Å². The van der Waals surface area contributed by atoms with Gasteiger partial charge in [-0.2, -0.15) is 0 Å². The van der Waals surface area contributed by atoms with E-state index in [-0.39, 0.29) is 24.0 Å². The molecule has 2 fully saturated rings. The van der Waals surface area contributed by atoms with Gasteiger partial charge < -0.3 is 15.2 Å². The minimum atomic E-state index is 0. The van der Waals surface area contributed by atoms with Crippen molar-refractivity contribution in [3.63, 3.8) is 0 Å². The van der Waals surface area contributed by atoms with Crippen LogP contribution in [-0.4, -0.2) is 57.3 Å². The Labute approximate surface area is 199 Å². The van der Waals surface area contributed by atoms with Gasteiger partial charge in [-0.3, -0.25) is 4.90 Å². The second kappa shape index (κ2) is 12.8. The van der Waals surface area contributed by atoms with E-state index in [1.807, 2.05) is 18.5 Å². The first-order valence-corrected chi connectivity index (χ1v) is 11.7. The van der Waals surface area contributed by atoms with Gasteiger partial charge in [0.05, 0.1) is 0 Å². The van der Waals surface area contributed by atoms with Crippen LogP contribution in [0.5, 0.6) is 0 Å². The fourth-order valence-corrected chi connectivity index (χ4v) is 4.57. The summed E-state index contributed by atoms with van der Waals surface area (Å²) in [6.45, 7) is 10.6. The molecule has 7 nitrogen and oxygen atoms in total. The third kappa shape index (κ3) is 7.35. The number of likely N-dealkylation sites (tertiary alicyclic amines) is 1. The quantitative estimate of drug-likeness (QED) is 0.320. The smallest absolute Gasteiger partial charge is 0.191 e. The summed E-state index contributed by atoms with van der Waals surface area (Å²) in [6, 6.07) is 1.08. The molecule has 0 aromatic carbocycles. The molecule has 2 N–H and O–H groups in total. The molecule has 1 saturated carbocycles. The number of guanidine groups is 1. The van der Waals surface area contributed by atoms with E-state index in [1.54, 1.807) is 0 Å². The van der Waals surface area contributed by atoms with Crippen LogP contribution in [0.3, 0.4) is 0 Å². The number of halogens is 1. The fourth-order valence-electron chi connectivity index (χ4n) is 4.57. The summed E-state index contributed by atoms with van der Waals surface area (Å²) in [5.74, 6) is 3.38. The normalized spacial score (nSPS) is 20.1. The standard InChI is InChI=1S/C22H41N7.HI/c1-17(2)20(29-13-9-5-6-10-14-29)15-23-22(25-19-11-7-8-12-19)24-16-21-27-26-18(3)28(21)4;/h17,19-20H,5-16H2,1-4H3,(H2,23,24,25);1H. The summed E-state index contributed by atoms with van der Waals surface area (Å²) in [7, 11) is 2.01. The van der Waals surface area contributed by atoms with E-state index in [1.165, 1.54) is 64.5 Å². The Hall–Kier alpha value is -0.900. The number of nitrogens with zero attached hydrogens (tertiary/aromatic N) is 5. The van der Waals surface area contributed by atoms with Crippen LogP contribution in [0.1, 0.15) is 76.9 Å². The fraction of sp³-hybridized carbons (Fsp3) is 0.864. The lowest BCUT2D eigenvalue weighted by Crippen LogP contribution is -2.51. The lowest BCUT2D eigenvalue weighted by Gasteiger charge is -2.34. The molecular weight excluding hydrogens is 489 g/mol. The molecule has 1 saturated heterocycles. The average molecular weight is 532 g/mol. The van der Waals surface area contributed by atoms with Crippen LogP contribution in [0.25, 0.3) is 0 Å². The molecule has 1 aliphatic carbocycles. The second-order valence-corrected chi connectivity index (χ2v) is 9.16. The Kier molecular flexibility index (Phi) is 10.8. The van der Waals surface area contributed by atoms with Crippen molar-refractivity contribution < 1.29 is 0 Å². The van der Waals surface area contributed by atoms with E-state index in [4.69, 9.17) is 4.99 Å². The van der Waals surface area contributed by atoms with Crippen molar-refractivity contribution in [2.24, 2.45) is 18.0 Å². The summed E-state index contributed by atoms with van der Waals surface area (Å²) in [6.07, 6.45) is 10.5. The molecule has 30 heavy (non-hydrogen) atoms. The van der Waals surface area contributed by atoms with Crippen molar-refractivity contribution in [1.82, 2.24) is 30.3 Å². The van der Waals surface area contributed by atoms with Crippen LogP contribution in [0.2, 0.25) is 0 Å². The maximum absolute atomic E-state index is 4.88. The van der Waals surface area contributed by atoms with Crippen molar-refractivity contribution in [1.29, 1.82) is 0 Å². The van der Waals surface area contributed by atoms with Gasteiger partial charge in [0.2, 0.25) is 0 Å².